The molecule has 10 nitrogen and oxygen atoms in total. The van der Waals surface area contributed by atoms with Gasteiger partial charge in [-0.15, -0.1) is 0 Å². The van der Waals surface area contributed by atoms with E-state index in [4.69, 9.17) is 26.1 Å². The quantitative estimate of drug-likeness (QED) is 0.259. The van der Waals surface area contributed by atoms with Crippen molar-refractivity contribution in [2.75, 3.05) is 12.9 Å². The standard InChI is InChI=1S/C25H25ClF2N3O7P/c1-14(32)19-11-30(21-8-17(5-6-18(19)21)38-13-39(35,36)37)12-23(33)31-10-16(27)7-22(31)25(34)29-9-15-3-2-4-20(26)24(15)28/h2-6,8,11,16,22H,7,9-10,12-13H2,1H3,(H,29,34)(H2,35,36,37)/t16-,22+/m1/s1. The zero-order valence-corrected chi connectivity index (χ0v) is 22.3. The molecule has 1 aliphatic rings. The van der Waals surface area contributed by atoms with Crippen LogP contribution >= 0.6 is 19.2 Å². The predicted octanol–water partition coefficient (Wildman–Crippen LogP) is 3.41. The van der Waals surface area contributed by atoms with Gasteiger partial charge in [-0.05, 0) is 25.1 Å². The molecule has 2 aromatic carbocycles. The molecule has 0 unspecified atom stereocenters. The van der Waals surface area contributed by atoms with Crippen LogP contribution in [0.4, 0.5) is 8.78 Å². The van der Waals surface area contributed by atoms with Gasteiger partial charge in [-0.1, -0.05) is 23.7 Å². The van der Waals surface area contributed by atoms with Crippen LogP contribution in [0.1, 0.15) is 29.3 Å². The molecule has 0 spiro atoms. The Morgan fingerprint density at radius 2 is 1.97 bits per heavy atom. The molecule has 1 aliphatic heterocycles. The summed E-state index contributed by atoms with van der Waals surface area (Å²) in [5.41, 5.74) is 0.794. The molecule has 3 aromatic rings. The lowest BCUT2D eigenvalue weighted by molar-refractivity contribution is -0.139. The van der Waals surface area contributed by atoms with Crippen molar-refractivity contribution < 1.29 is 42.3 Å². The number of amides is 2. The van der Waals surface area contributed by atoms with E-state index in [1.54, 1.807) is 0 Å². The molecule has 1 saturated heterocycles. The van der Waals surface area contributed by atoms with Gasteiger partial charge in [-0.2, -0.15) is 0 Å². The molecule has 1 fully saturated rings. The summed E-state index contributed by atoms with van der Waals surface area (Å²) >= 11 is 5.77. The fourth-order valence-corrected chi connectivity index (χ4v) is 4.97. The average molecular weight is 584 g/mol. The highest BCUT2D eigenvalue weighted by Crippen LogP contribution is 2.35. The number of likely N-dealkylation sites (tertiary alicyclic amines) is 1. The Bertz CT molecular complexity index is 1490. The molecule has 14 heteroatoms. The van der Waals surface area contributed by atoms with E-state index in [0.29, 0.717) is 16.5 Å². The SMILES string of the molecule is CC(=O)c1cn(CC(=O)N2C[C@H](F)C[C@H]2C(=O)NCc2cccc(Cl)c2F)c2cc(OCP(=O)(O)O)ccc12. The summed E-state index contributed by atoms with van der Waals surface area (Å²) in [4.78, 5) is 57.6. The number of ether oxygens (including phenoxy) is 1. The van der Waals surface area contributed by atoms with Gasteiger partial charge in [0.1, 0.15) is 30.3 Å². The van der Waals surface area contributed by atoms with Crippen molar-refractivity contribution >= 4 is 47.7 Å². The lowest BCUT2D eigenvalue weighted by Crippen LogP contribution is -2.46. The van der Waals surface area contributed by atoms with Gasteiger partial charge >= 0.3 is 7.60 Å². The molecule has 0 radical (unpaired) electrons. The van der Waals surface area contributed by atoms with Crippen LogP contribution in [0.2, 0.25) is 5.02 Å². The summed E-state index contributed by atoms with van der Waals surface area (Å²) in [6.45, 7) is 0.460. The summed E-state index contributed by atoms with van der Waals surface area (Å²) < 4.78 is 46.3. The second kappa shape index (κ2) is 11.4. The molecule has 0 saturated carbocycles. The molecule has 2 amide bonds. The van der Waals surface area contributed by atoms with Crippen LogP contribution in [-0.2, 0) is 27.2 Å². The monoisotopic (exact) mass is 583 g/mol. The van der Waals surface area contributed by atoms with E-state index in [1.807, 2.05) is 0 Å². The number of halogens is 3. The number of nitrogens with one attached hydrogen (secondary N) is 1. The number of carbonyl (C=O) groups excluding carboxylic acids is 3. The minimum Gasteiger partial charge on any atom is -0.481 e. The first kappa shape index (κ1) is 28.7. The Labute approximate surface area is 226 Å². The van der Waals surface area contributed by atoms with E-state index in [2.05, 4.69) is 5.32 Å². The number of carbonyl (C=O) groups is 3. The van der Waals surface area contributed by atoms with Gasteiger partial charge in [0.05, 0.1) is 17.1 Å². The van der Waals surface area contributed by atoms with E-state index in [9.17, 15) is 27.7 Å². The van der Waals surface area contributed by atoms with Gasteiger partial charge < -0.3 is 29.3 Å². The smallest absolute Gasteiger partial charge is 0.362 e. The van der Waals surface area contributed by atoms with Crippen LogP contribution in [0.5, 0.6) is 5.75 Å². The summed E-state index contributed by atoms with van der Waals surface area (Å²) in [5.74, 6) is -2.13. The van der Waals surface area contributed by atoms with E-state index < -0.39 is 43.8 Å². The molecule has 4 rings (SSSR count). The van der Waals surface area contributed by atoms with E-state index >= 15 is 0 Å². The number of benzene rings is 2. The summed E-state index contributed by atoms with van der Waals surface area (Å²) in [5, 5.41) is 2.90. The summed E-state index contributed by atoms with van der Waals surface area (Å²) in [6, 6.07) is 7.59. The van der Waals surface area contributed by atoms with E-state index in [1.165, 1.54) is 54.1 Å². The highest BCUT2D eigenvalue weighted by atomic mass is 35.5. The van der Waals surface area contributed by atoms with Crippen LogP contribution in [-0.4, -0.2) is 62.0 Å². The Morgan fingerprint density at radius 3 is 2.67 bits per heavy atom. The van der Waals surface area contributed by atoms with Gasteiger partial charge in [-0.3, -0.25) is 18.9 Å². The molecule has 39 heavy (non-hydrogen) atoms. The van der Waals surface area contributed by atoms with E-state index in [0.717, 1.165) is 4.90 Å². The molecule has 0 aliphatic carbocycles. The third-order valence-corrected chi connectivity index (χ3v) is 7.05. The first-order valence-electron chi connectivity index (χ1n) is 11.8. The van der Waals surface area contributed by atoms with Gasteiger partial charge in [-0.25, -0.2) is 8.78 Å². The molecular weight excluding hydrogens is 559 g/mol. The van der Waals surface area contributed by atoms with Gasteiger partial charge in [0.15, 0.2) is 12.1 Å². The van der Waals surface area contributed by atoms with Crippen molar-refractivity contribution in [1.82, 2.24) is 14.8 Å². The number of aromatic nitrogens is 1. The minimum absolute atomic E-state index is 0.100. The lowest BCUT2D eigenvalue weighted by Gasteiger charge is -2.24. The average Bonchev–Trinajstić information content (AvgIpc) is 3.43. The molecule has 3 N–H and O–H groups in total. The largest absolute Gasteiger partial charge is 0.481 e. The fraction of sp³-hybridized carbons (Fsp3) is 0.320. The van der Waals surface area contributed by atoms with Crippen molar-refractivity contribution in [3.8, 4) is 5.75 Å². The van der Waals surface area contributed by atoms with Gasteiger partial charge in [0.2, 0.25) is 11.8 Å². The maximum absolute atomic E-state index is 14.4. The topological polar surface area (TPSA) is 138 Å². The van der Waals surface area contributed by atoms with Crippen molar-refractivity contribution in [3.05, 3.63) is 64.6 Å². The second-order valence-electron chi connectivity index (χ2n) is 9.17. The lowest BCUT2D eigenvalue weighted by atomic mass is 10.1. The molecule has 2 atom stereocenters. The number of nitrogens with zero attached hydrogens (tertiary/aromatic N) is 2. The van der Waals surface area contributed by atoms with Crippen molar-refractivity contribution in [1.29, 1.82) is 0 Å². The first-order chi connectivity index (χ1) is 18.3. The first-order valence-corrected chi connectivity index (χ1v) is 14.0. The number of rotatable bonds is 9. The number of fused-ring (bicyclic) bond motifs is 1. The molecule has 208 valence electrons. The second-order valence-corrected chi connectivity index (χ2v) is 11.2. The maximum atomic E-state index is 14.4. The van der Waals surface area contributed by atoms with Gasteiger partial charge in [0.25, 0.3) is 0 Å². The highest BCUT2D eigenvalue weighted by Gasteiger charge is 2.39. The third-order valence-electron chi connectivity index (χ3n) is 6.30. The third kappa shape index (κ3) is 6.65. The van der Waals surface area contributed by atoms with Gasteiger partial charge in [0, 0.05) is 41.7 Å². The number of Topliss-reactive ketones (excluding diaryl/α,β-unsaturated/α-hetero) is 1. The molecule has 2 heterocycles. The fourth-order valence-electron chi connectivity index (χ4n) is 4.46. The van der Waals surface area contributed by atoms with Crippen LogP contribution in [0, 0.1) is 5.82 Å². The number of hydrogen-bond acceptors (Lipinski definition) is 5. The number of alkyl halides is 1. The van der Waals surface area contributed by atoms with Crippen LogP contribution in [0.3, 0.4) is 0 Å². The Morgan fingerprint density at radius 1 is 1.23 bits per heavy atom. The highest BCUT2D eigenvalue weighted by molar-refractivity contribution is 7.51. The minimum atomic E-state index is -4.45. The summed E-state index contributed by atoms with van der Waals surface area (Å²) in [7, 11) is -4.45. The van der Waals surface area contributed by atoms with E-state index in [-0.39, 0.29) is 48.2 Å². The van der Waals surface area contributed by atoms with Crippen molar-refractivity contribution in [2.24, 2.45) is 0 Å². The Hall–Kier alpha value is -3.31. The van der Waals surface area contributed by atoms with Crippen LogP contribution in [0.15, 0.2) is 42.6 Å². The zero-order chi connectivity index (χ0) is 28.5. The Balaban J connectivity index is 1.54. The Kier molecular flexibility index (Phi) is 8.41. The molecule has 0 bridgehead atoms. The summed E-state index contributed by atoms with van der Waals surface area (Å²) in [6.07, 6.45) is -1.10. The van der Waals surface area contributed by atoms with Crippen molar-refractivity contribution in [3.63, 3.8) is 0 Å². The normalized spacial score (nSPS) is 17.4. The predicted molar refractivity (Wildman–Crippen MR) is 138 cm³/mol. The zero-order valence-electron chi connectivity index (χ0n) is 20.6. The number of ketones is 1. The molecule has 1 aromatic heterocycles. The number of hydrogen-bond donors (Lipinski definition) is 3. The van der Waals surface area contributed by atoms with Crippen LogP contribution < -0.4 is 10.1 Å². The van der Waals surface area contributed by atoms with Crippen LogP contribution in [0.25, 0.3) is 10.9 Å². The van der Waals surface area contributed by atoms with Crippen molar-refractivity contribution in [2.45, 2.75) is 38.6 Å². The maximum Gasteiger partial charge on any atom is 0.362 e. The molecular formula is C25H25ClF2N3O7P.